The minimum absolute atomic E-state index is 0.0632. The van der Waals surface area contributed by atoms with E-state index in [0.717, 1.165) is 6.42 Å². The van der Waals surface area contributed by atoms with Crippen LogP contribution in [0.2, 0.25) is 0 Å². The fourth-order valence-electron chi connectivity index (χ4n) is 1.94. The van der Waals surface area contributed by atoms with Gasteiger partial charge in [0.05, 0.1) is 13.2 Å². The van der Waals surface area contributed by atoms with Gasteiger partial charge in [-0.1, -0.05) is 6.92 Å². The number of aliphatic hydroxyl groups is 1. The number of ether oxygens (including phenoxy) is 2. The topological polar surface area (TPSA) is 59.0 Å². The van der Waals surface area contributed by atoms with Crippen molar-refractivity contribution in [1.82, 2.24) is 4.90 Å². The second-order valence-corrected chi connectivity index (χ2v) is 5.84. The quantitative estimate of drug-likeness (QED) is 0.836. The molecule has 1 saturated heterocycles. The van der Waals surface area contributed by atoms with Gasteiger partial charge in [0.1, 0.15) is 11.2 Å². The van der Waals surface area contributed by atoms with Gasteiger partial charge in [-0.05, 0) is 33.6 Å². The van der Waals surface area contributed by atoms with Gasteiger partial charge in [0.2, 0.25) is 0 Å². The molecular formula is C13H25NO4. The third kappa shape index (κ3) is 4.14. The maximum Gasteiger partial charge on any atom is 0.410 e. The number of carbonyl (C=O) groups is 1. The summed E-state index contributed by atoms with van der Waals surface area (Å²) in [6.45, 7) is 9.05. The molecule has 0 aliphatic carbocycles. The van der Waals surface area contributed by atoms with E-state index >= 15 is 0 Å². The summed E-state index contributed by atoms with van der Waals surface area (Å²) in [5.74, 6) is 0. The summed E-state index contributed by atoms with van der Waals surface area (Å²) in [6, 6.07) is 0. The van der Waals surface area contributed by atoms with Crippen LogP contribution in [0.3, 0.4) is 0 Å². The van der Waals surface area contributed by atoms with Crippen molar-refractivity contribution in [3.63, 3.8) is 0 Å². The molecule has 1 heterocycles. The van der Waals surface area contributed by atoms with Crippen molar-refractivity contribution in [2.45, 2.75) is 51.7 Å². The molecule has 0 aromatic carbocycles. The van der Waals surface area contributed by atoms with E-state index in [-0.39, 0.29) is 12.7 Å². The first-order chi connectivity index (χ1) is 8.32. The van der Waals surface area contributed by atoms with Gasteiger partial charge in [0.15, 0.2) is 0 Å². The molecule has 0 spiro atoms. The Balaban J connectivity index is 2.55. The van der Waals surface area contributed by atoms with E-state index in [2.05, 4.69) is 0 Å². The lowest BCUT2D eigenvalue weighted by Crippen LogP contribution is -2.43. The lowest BCUT2D eigenvalue weighted by Gasteiger charge is -2.28. The molecule has 1 N–H and O–H groups in total. The van der Waals surface area contributed by atoms with Crippen LogP contribution in [0, 0.1) is 0 Å². The average molecular weight is 259 g/mol. The fraction of sp³-hybridized carbons (Fsp3) is 0.923. The molecule has 0 aromatic heterocycles. The predicted octanol–water partition coefficient (Wildman–Crippen LogP) is 1.78. The Morgan fingerprint density at radius 2 is 2.11 bits per heavy atom. The zero-order chi connectivity index (χ0) is 13.8. The maximum atomic E-state index is 11.9. The molecule has 106 valence electrons. The number of hydrogen-bond donors (Lipinski definition) is 1. The molecule has 0 aromatic rings. The maximum absolute atomic E-state index is 11.9. The van der Waals surface area contributed by atoms with Crippen LogP contribution in [-0.2, 0) is 9.47 Å². The van der Waals surface area contributed by atoms with Crippen molar-refractivity contribution in [3.05, 3.63) is 0 Å². The van der Waals surface area contributed by atoms with Crippen LogP contribution in [0.4, 0.5) is 4.79 Å². The number of carbonyl (C=O) groups excluding carboxylic acids is 1. The Hall–Kier alpha value is -0.810. The lowest BCUT2D eigenvalue weighted by atomic mass is 10.1. The molecule has 1 fully saturated rings. The summed E-state index contributed by atoms with van der Waals surface area (Å²) in [4.78, 5) is 13.5. The van der Waals surface area contributed by atoms with Gasteiger partial charge in [-0.25, -0.2) is 4.79 Å². The van der Waals surface area contributed by atoms with Crippen LogP contribution in [0.5, 0.6) is 0 Å². The van der Waals surface area contributed by atoms with Gasteiger partial charge in [-0.3, -0.25) is 0 Å². The number of likely N-dealkylation sites (tertiary alicyclic amines) is 1. The molecule has 1 aliphatic rings. The molecule has 0 bridgehead atoms. The zero-order valence-corrected chi connectivity index (χ0v) is 11.9. The van der Waals surface area contributed by atoms with E-state index in [4.69, 9.17) is 9.47 Å². The normalized spacial score (nSPS) is 24.4. The Kier molecular flexibility index (Phi) is 4.99. The first-order valence-electron chi connectivity index (χ1n) is 6.55. The monoisotopic (exact) mass is 259 g/mol. The summed E-state index contributed by atoms with van der Waals surface area (Å²) in [7, 11) is 0. The Morgan fingerprint density at radius 3 is 2.61 bits per heavy atom. The van der Waals surface area contributed by atoms with Gasteiger partial charge in [0, 0.05) is 13.2 Å². The van der Waals surface area contributed by atoms with Crippen molar-refractivity contribution in [3.8, 4) is 0 Å². The smallest absolute Gasteiger partial charge is 0.410 e. The van der Waals surface area contributed by atoms with E-state index in [0.29, 0.717) is 26.1 Å². The van der Waals surface area contributed by atoms with E-state index in [1.54, 1.807) is 4.90 Å². The highest BCUT2D eigenvalue weighted by atomic mass is 16.6. The number of aliphatic hydroxyl groups excluding tert-OH is 1. The SMILES string of the molecule is CCCOC1(CO)CCN(C(=O)OC(C)(C)C)C1. The summed E-state index contributed by atoms with van der Waals surface area (Å²) >= 11 is 0. The number of amides is 1. The molecule has 1 unspecified atom stereocenters. The molecule has 5 nitrogen and oxygen atoms in total. The Labute approximate surface area is 109 Å². The predicted molar refractivity (Wildman–Crippen MR) is 68.5 cm³/mol. The Morgan fingerprint density at radius 1 is 1.44 bits per heavy atom. The van der Waals surface area contributed by atoms with Crippen LogP contribution < -0.4 is 0 Å². The van der Waals surface area contributed by atoms with Gasteiger partial charge in [0.25, 0.3) is 0 Å². The molecule has 0 radical (unpaired) electrons. The summed E-state index contributed by atoms with van der Waals surface area (Å²) in [5, 5.41) is 9.47. The zero-order valence-electron chi connectivity index (χ0n) is 11.9. The van der Waals surface area contributed by atoms with Crippen molar-refractivity contribution in [1.29, 1.82) is 0 Å². The van der Waals surface area contributed by atoms with Crippen molar-refractivity contribution in [2.75, 3.05) is 26.3 Å². The molecule has 1 rings (SSSR count). The average Bonchev–Trinajstić information content (AvgIpc) is 2.69. The van der Waals surface area contributed by atoms with Gasteiger partial charge in [-0.2, -0.15) is 0 Å². The summed E-state index contributed by atoms with van der Waals surface area (Å²) in [6.07, 6.45) is 1.22. The fourth-order valence-corrected chi connectivity index (χ4v) is 1.94. The van der Waals surface area contributed by atoms with E-state index in [1.165, 1.54) is 0 Å². The third-order valence-corrected chi connectivity index (χ3v) is 2.87. The van der Waals surface area contributed by atoms with Crippen molar-refractivity contribution < 1.29 is 19.4 Å². The highest BCUT2D eigenvalue weighted by molar-refractivity contribution is 5.68. The lowest BCUT2D eigenvalue weighted by molar-refractivity contribution is -0.0717. The van der Waals surface area contributed by atoms with Crippen LogP contribution >= 0.6 is 0 Å². The third-order valence-electron chi connectivity index (χ3n) is 2.87. The number of hydrogen-bond acceptors (Lipinski definition) is 4. The molecular weight excluding hydrogens is 234 g/mol. The van der Waals surface area contributed by atoms with Gasteiger partial charge < -0.3 is 19.5 Å². The first kappa shape index (κ1) is 15.2. The van der Waals surface area contributed by atoms with Crippen LogP contribution in [0.1, 0.15) is 40.5 Å². The van der Waals surface area contributed by atoms with Gasteiger partial charge >= 0.3 is 6.09 Å². The first-order valence-corrected chi connectivity index (χ1v) is 6.55. The summed E-state index contributed by atoms with van der Waals surface area (Å²) < 4.78 is 11.0. The van der Waals surface area contributed by atoms with Crippen molar-refractivity contribution >= 4 is 6.09 Å². The summed E-state index contributed by atoms with van der Waals surface area (Å²) in [5.41, 5.74) is -1.10. The standard InChI is InChI=1S/C13H25NO4/c1-5-8-17-13(10-15)6-7-14(9-13)11(16)18-12(2,3)4/h15H,5-10H2,1-4H3. The van der Waals surface area contributed by atoms with E-state index < -0.39 is 11.2 Å². The minimum Gasteiger partial charge on any atom is -0.444 e. The van der Waals surface area contributed by atoms with E-state index in [9.17, 15) is 9.90 Å². The molecule has 18 heavy (non-hydrogen) atoms. The molecule has 1 aliphatic heterocycles. The second-order valence-electron chi connectivity index (χ2n) is 5.84. The molecule has 5 heteroatoms. The highest BCUT2D eigenvalue weighted by Gasteiger charge is 2.41. The second kappa shape index (κ2) is 5.89. The van der Waals surface area contributed by atoms with Crippen LogP contribution in [0.15, 0.2) is 0 Å². The number of rotatable bonds is 4. The van der Waals surface area contributed by atoms with Crippen LogP contribution in [-0.4, -0.2) is 53.6 Å². The Bertz CT molecular complexity index is 287. The van der Waals surface area contributed by atoms with E-state index in [1.807, 2.05) is 27.7 Å². The molecule has 1 amide bonds. The largest absolute Gasteiger partial charge is 0.444 e. The highest BCUT2D eigenvalue weighted by Crippen LogP contribution is 2.26. The minimum atomic E-state index is -0.604. The molecule has 0 saturated carbocycles. The molecule has 1 atom stereocenters. The number of nitrogens with zero attached hydrogens (tertiary/aromatic N) is 1. The van der Waals surface area contributed by atoms with Gasteiger partial charge in [-0.15, -0.1) is 0 Å². The van der Waals surface area contributed by atoms with Crippen LogP contribution in [0.25, 0.3) is 0 Å². The van der Waals surface area contributed by atoms with Crippen molar-refractivity contribution in [2.24, 2.45) is 0 Å².